The van der Waals surface area contributed by atoms with Crippen LogP contribution in [0.2, 0.25) is 0 Å². The van der Waals surface area contributed by atoms with Gasteiger partial charge < -0.3 is 20.1 Å². The first kappa shape index (κ1) is 25.4. The molecule has 1 aliphatic heterocycles. The first-order chi connectivity index (χ1) is 17.5. The highest BCUT2D eigenvalue weighted by molar-refractivity contribution is 7.90. The Morgan fingerprint density at radius 3 is 2.46 bits per heavy atom. The van der Waals surface area contributed by atoms with Gasteiger partial charge in [0, 0.05) is 18.2 Å². The van der Waals surface area contributed by atoms with Crippen molar-refractivity contribution in [1.29, 1.82) is 0 Å². The third kappa shape index (κ3) is 5.39. The van der Waals surface area contributed by atoms with Crippen LogP contribution < -0.4 is 20.1 Å². The van der Waals surface area contributed by atoms with Crippen molar-refractivity contribution in [2.75, 3.05) is 18.5 Å². The number of nitrogens with zero attached hydrogens (tertiary/aromatic N) is 2. The largest absolute Gasteiger partial charge is 0.476 e. The molecule has 3 amide bonds. The molecule has 3 N–H and O–H groups in total. The van der Waals surface area contributed by atoms with Crippen molar-refractivity contribution >= 4 is 27.8 Å². The molecule has 1 aromatic carbocycles. The van der Waals surface area contributed by atoms with Gasteiger partial charge in [-0.15, -0.1) is 0 Å². The standard InChI is InChI=1S/C25H33N5O6S/c1-25(2,3)36-24(32)26-11-15-13-30-22(35-14-15)20(12-27-30)37(33,34)29-23(31)28-21-18-8-4-6-16(18)10-17-7-5-9-19(17)21/h10,12,15H,4-9,11,13-14H2,1-3H3,(H,26,32)(H2,28,29,31). The minimum absolute atomic E-state index is 0.0651. The van der Waals surface area contributed by atoms with Crippen LogP contribution in [0.1, 0.15) is 55.9 Å². The van der Waals surface area contributed by atoms with Crippen LogP contribution in [0.4, 0.5) is 15.3 Å². The third-order valence-corrected chi connectivity index (χ3v) is 8.12. The lowest BCUT2D eigenvalue weighted by Gasteiger charge is -2.26. The summed E-state index contributed by atoms with van der Waals surface area (Å²) in [6.45, 7) is 6.14. The smallest absolute Gasteiger partial charge is 0.407 e. The molecule has 12 heteroatoms. The highest BCUT2D eigenvalue weighted by Crippen LogP contribution is 2.38. The van der Waals surface area contributed by atoms with Gasteiger partial charge in [0.1, 0.15) is 5.60 Å². The lowest BCUT2D eigenvalue weighted by molar-refractivity contribution is 0.0502. The number of ether oxygens (including phenoxy) is 2. The Morgan fingerprint density at radius 1 is 1.14 bits per heavy atom. The van der Waals surface area contributed by atoms with Gasteiger partial charge in [0.05, 0.1) is 19.3 Å². The second kappa shape index (κ2) is 9.55. The molecule has 0 bridgehead atoms. The van der Waals surface area contributed by atoms with Gasteiger partial charge in [-0.05, 0) is 81.5 Å². The van der Waals surface area contributed by atoms with Crippen molar-refractivity contribution in [1.82, 2.24) is 19.8 Å². The summed E-state index contributed by atoms with van der Waals surface area (Å²) in [4.78, 5) is 24.6. The minimum Gasteiger partial charge on any atom is -0.476 e. The molecule has 0 fully saturated rings. The second-order valence-electron chi connectivity index (χ2n) is 10.8. The molecule has 2 heterocycles. The van der Waals surface area contributed by atoms with Crippen LogP contribution >= 0.6 is 0 Å². The Kier molecular flexibility index (Phi) is 6.55. The van der Waals surface area contributed by atoms with Crippen molar-refractivity contribution in [3.05, 3.63) is 34.5 Å². The molecule has 0 saturated heterocycles. The molecule has 200 valence electrons. The predicted molar refractivity (Wildman–Crippen MR) is 135 cm³/mol. The van der Waals surface area contributed by atoms with Gasteiger partial charge in [0.15, 0.2) is 4.90 Å². The summed E-state index contributed by atoms with van der Waals surface area (Å²) in [7, 11) is -4.23. The second-order valence-corrected chi connectivity index (χ2v) is 12.5. The van der Waals surface area contributed by atoms with E-state index in [1.165, 1.54) is 22.0 Å². The number of alkyl carbamates (subject to hydrolysis) is 1. The Bertz CT molecular complexity index is 1310. The monoisotopic (exact) mass is 531 g/mol. The number of carbonyl (C=O) groups excluding carboxylic acids is 2. The number of sulfonamides is 1. The van der Waals surface area contributed by atoms with Crippen LogP contribution in [-0.2, 0) is 47.0 Å². The quantitative estimate of drug-likeness (QED) is 0.539. The summed E-state index contributed by atoms with van der Waals surface area (Å²) < 4.78 is 40.7. The van der Waals surface area contributed by atoms with E-state index in [2.05, 4.69) is 26.5 Å². The fourth-order valence-electron chi connectivity index (χ4n) is 5.26. The molecule has 1 atom stereocenters. The van der Waals surface area contributed by atoms with E-state index >= 15 is 0 Å². The molecule has 11 nitrogen and oxygen atoms in total. The SMILES string of the molecule is CC(C)(C)OC(=O)NCC1COc2c(S(=O)(=O)NC(=O)Nc3c4c(cc5c3CCC5)CCC4)cnn2C1. The van der Waals surface area contributed by atoms with Gasteiger partial charge in [-0.25, -0.2) is 27.4 Å². The van der Waals surface area contributed by atoms with E-state index in [0.29, 0.717) is 6.54 Å². The first-order valence-corrected chi connectivity index (χ1v) is 14.1. The topological polar surface area (TPSA) is 141 Å². The number of hydrogen-bond acceptors (Lipinski definition) is 7. The van der Waals surface area contributed by atoms with Crippen molar-refractivity contribution < 1.29 is 27.5 Å². The lowest BCUT2D eigenvalue weighted by Crippen LogP contribution is -2.39. The van der Waals surface area contributed by atoms with Crippen molar-refractivity contribution in [3.63, 3.8) is 0 Å². The van der Waals surface area contributed by atoms with Crippen LogP contribution in [0.25, 0.3) is 0 Å². The zero-order valence-corrected chi connectivity index (χ0v) is 22.2. The Balaban J connectivity index is 1.24. The van der Waals surface area contributed by atoms with E-state index in [1.54, 1.807) is 20.8 Å². The summed E-state index contributed by atoms with van der Waals surface area (Å²) in [5, 5.41) is 9.68. The number of hydrogen-bond donors (Lipinski definition) is 3. The number of aryl methyl sites for hydroxylation is 2. The van der Waals surface area contributed by atoms with Gasteiger partial charge in [-0.2, -0.15) is 5.10 Å². The summed E-state index contributed by atoms with van der Waals surface area (Å²) in [5.74, 6) is -0.0655. The molecule has 2 aliphatic carbocycles. The van der Waals surface area contributed by atoms with E-state index < -0.39 is 27.7 Å². The summed E-state index contributed by atoms with van der Waals surface area (Å²) in [6.07, 6.45) is 6.40. The number of urea groups is 1. The number of benzene rings is 1. The maximum absolute atomic E-state index is 13.1. The fraction of sp³-hybridized carbons (Fsp3) is 0.560. The van der Waals surface area contributed by atoms with E-state index in [4.69, 9.17) is 9.47 Å². The Labute approximate surface area is 216 Å². The Hall–Kier alpha value is -3.28. The molecule has 2 aromatic rings. The van der Waals surface area contributed by atoms with Crippen LogP contribution in [0.15, 0.2) is 17.2 Å². The highest BCUT2D eigenvalue weighted by atomic mass is 32.2. The molecule has 1 aromatic heterocycles. The summed E-state index contributed by atoms with van der Waals surface area (Å²) in [6, 6.07) is 1.45. The van der Waals surface area contributed by atoms with Gasteiger partial charge >= 0.3 is 12.1 Å². The average Bonchev–Trinajstić information content (AvgIpc) is 3.54. The van der Waals surface area contributed by atoms with E-state index in [1.807, 2.05) is 0 Å². The number of aromatic nitrogens is 2. The molecule has 0 spiro atoms. The van der Waals surface area contributed by atoms with Crippen LogP contribution in [-0.4, -0.2) is 49.1 Å². The molecule has 5 rings (SSSR count). The molecule has 3 aliphatic rings. The van der Waals surface area contributed by atoms with E-state index in [9.17, 15) is 18.0 Å². The van der Waals surface area contributed by atoms with Gasteiger partial charge in [-0.1, -0.05) is 6.07 Å². The molecule has 1 unspecified atom stereocenters. The van der Waals surface area contributed by atoms with Gasteiger partial charge in [-0.3, -0.25) is 0 Å². The van der Waals surface area contributed by atoms with Crippen molar-refractivity contribution in [2.45, 2.75) is 76.3 Å². The molecule has 0 radical (unpaired) electrons. The first-order valence-electron chi connectivity index (χ1n) is 12.7. The Morgan fingerprint density at radius 2 is 1.81 bits per heavy atom. The number of carbonyl (C=O) groups is 2. The maximum atomic E-state index is 13.1. The lowest BCUT2D eigenvalue weighted by atomic mass is 9.99. The maximum Gasteiger partial charge on any atom is 0.407 e. The van der Waals surface area contributed by atoms with Crippen molar-refractivity contribution in [3.8, 4) is 5.88 Å². The molecule has 0 saturated carbocycles. The minimum atomic E-state index is -4.23. The third-order valence-electron chi connectivity index (χ3n) is 6.81. The number of amides is 3. The molecule has 37 heavy (non-hydrogen) atoms. The fourth-order valence-corrected chi connectivity index (χ4v) is 6.24. The molecular weight excluding hydrogens is 498 g/mol. The van der Waals surface area contributed by atoms with Crippen LogP contribution in [0.3, 0.4) is 0 Å². The zero-order chi connectivity index (χ0) is 26.4. The predicted octanol–water partition coefficient (Wildman–Crippen LogP) is 2.90. The van der Waals surface area contributed by atoms with Crippen LogP contribution in [0, 0.1) is 5.92 Å². The number of rotatable bonds is 5. The van der Waals surface area contributed by atoms with Crippen molar-refractivity contribution in [2.24, 2.45) is 5.92 Å². The van der Waals surface area contributed by atoms with E-state index in [0.717, 1.165) is 55.3 Å². The summed E-state index contributed by atoms with van der Waals surface area (Å²) >= 11 is 0. The van der Waals surface area contributed by atoms with E-state index in [-0.39, 0.29) is 29.8 Å². The van der Waals surface area contributed by atoms with Crippen LogP contribution in [0.5, 0.6) is 5.88 Å². The zero-order valence-electron chi connectivity index (χ0n) is 21.3. The average molecular weight is 532 g/mol. The molecular formula is C25H33N5O6S. The number of nitrogens with one attached hydrogen (secondary N) is 3. The highest BCUT2D eigenvalue weighted by Gasteiger charge is 2.32. The normalized spacial score (nSPS) is 18.3. The van der Waals surface area contributed by atoms with Gasteiger partial charge in [0.25, 0.3) is 10.0 Å². The number of fused-ring (bicyclic) bond motifs is 3. The summed E-state index contributed by atoms with van der Waals surface area (Å²) in [5.41, 5.74) is 4.88. The number of anilines is 1. The van der Waals surface area contributed by atoms with Gasteiger partial charge in [0.2, 0.25) is 5.88 Å².